The summed E-state index contributed by atoms with van der Waals surface area (Å²) in [6.45, 7) is -0.650. The molecule has 2 aromatic rings. The number of H-pyrrole nitrogens is 1. The first kappa shape index (κ1) is 6.21. The van der Waals surface area contributed by atoms with Crippen molar-refractivity contribution in [2.45, 2.75) is 6.67 Å². The normalized spacial score (nSPS) is 10.6. The maximum atomic E-state index is 12.0. The molecule has 1 N–H and O–H groups in total. The number of imidazole rings is 1. The molecule has 0 amide bonds. The molecule has 0 spiro atoms. The molecule has 0 unspecified atom stereocenters. The van der Waals surface area contributed by atoms with E-state index in [-0.39, 0.29) is 5.82 Å². The zero-order valence-corrected chi connectivity index (χ0v) is 5.58. The van der Waals surface area contributed by atoms with Crippen LogP contribution in [0.5, 0.6) is 0 Å². The van der Waals surface area contributed by atoms with E-state index < -0.39 is 6.67 Å². The number of nitrogens with one attached hydrogen (secondary N) is 1. The highest BCUT2D eigenvalue weighted by Gasteiger charge is 1.99. The molecule has 56 valence electrons. The van der Waals surface area contributed by atoms with Gasteiger partial charge in [-0.1, -0.05) is 0 Å². The third kappa shape index (κ3) is 0.938. The number of hydrogen-bond acceptors (Lipinski definition) is 3. The SMILES string of the molecule is FCc1ncc2[nH]cnc2n1. The molecule has 0 bridgehead atoms. The van der Waals surface area contributed by atoms with Gasteiger partial charge < -0.3 is 4.98 Å². The van der Waals surface area contributed by atoms with Gasteiger partial charge >= 0.3 is 0 Å². The lowest BCUT2D eigenvalue weighted by Crippen LogP contribution is -1.90. The highest BCUT2D eigenvalue weighted by molar-refractivity contribution is 5.67. The van der Waals surface area contributed by atoms with Gasteiger partial charge in [0.05, 0.1) is 12.5 Å². The second-order valence-electron chi connectivity index (χ2n) is 2.06. The molecular formula is C6H5FN4. The fourth-order valence-corrected chi connectivity index (χ4v) is 0.836. The van der Waals surface area contributed by atoms with E-state index >= 15 is 0 Å². The molecule has 0 saturated carbocycles. The Morgan fingerprint density at radius 1 is 1.45 bits per heavy atom. The number of aromatic amines is 1. The Balaban J connectivity index is 2.67. The summed E-state index contributed by atoms with van der Waals surface area (Å²) in [6, 6.07) is 0. The van der Waals surface area contributed by atoms with Gasteiger partial charge in [0, 0.05) is 0 Å². The smallest absolute Gasteiger partial charge is 0.180 e. The van der Waals surface area contributed by atoms with Crippen molar-refractivity contribution in [2.75, 3.05) is 0 Å². The van der Waals surface area contributed by atoms with Crippen molar-refractivity contribution in [1.82, 2.24) is 19.9 Å². The molecule has 5 heteroatoms. The molecule has 0 aliphatic heterocycles. The maximum Gasteiger partial charge on any atom is 0.180 e. The minimum absolute atomic E-state index is 0.171. The van der Waals surface area contributed by atoms with Gasteiger partial charge in [0.25, 0.3) is 0 Å². The molecule has 2 aromatic heterocycles. The molecule has 0 fully saturated rings. The molecular weight excluding hydrogens is 147 g/mol. The zero-order chi connectivity index (χ0) is 7.68. The van der Waals surface area contributed by atoms with Gasteiger partial charge in [0.15, 0.2) is 11.5 Å². The Kier molecular flexibility index (Phi) is 1.28. The maximum absolute atomic E-state index is 12.0. The first-order valence-corrected chi connectivity index (χ1v) is 3.11. The van der Waals surface area contributed by atoms with Gasteiger partial charge in [-0.15, -0.1) is 0 Å². The summed E-state index contributed by atoms with van der Waals surface area (Å²) < 4.78 is 12.0. The summed E-state index contributed by atoms with van der Waals surface area (Å²) in [6.07, 6.45) is 3.02. The minimum Gasteiger partial charge on any atom is -0.342 e. The van der Waals surface area contributed by atoms with Crippen LogP contribution in [0.2, 0.25) is 0 Å². The molecule has 2 rings (SSSR count). The van der Waals surface area contributed by atoms with Crippen LogP contribution < -0.4 is 0 Å². The molecule has 0 radical (unpaired) electrons. The number of nitrogens with zero attached hydrogens (tertiary/aromatic N) is 3. The molecule has 4 nitrogen and oxygen atoms in total. The first-order valence-electron chi connectivity index (χ1n) is 3.11. The molecule has 0 aliphatic rings. The van der Waals surface area contributed by atoms with E-state index in [1.165, 1.54) is 12.5 Å². The van der Waals surface area contributed by atoms with Crippen molar-refractivity contribution in [2.24, 2.45) is 0 Å². The fraction of sp³-hybridized carbons (Fsp3) is 0.167. The summed E-state index contributed by atoms with van der Waals surface area (Å²) in [5.74, 6) is 0.171. The Morgan fingerprint density at radius 3 is 3.18 bits per heavy atom. The van der Waals surface area contributed by atoms with E-state index in [0.29, 0.717) is 5.65 Å². The number of rotatable bonds is 1. The predicted octanol–water partition coefficient (Wildman–Crippen LogP) is 0.822. The fourth-order valence-electron chi connectivity index (χ4n) is 0.836. The first-order chi connectivity index (χ1) is 5.40. The number of fused-ring (bicyclic) bond motifs is 1. The summed E-state index contributed by atoms with van der Waals surface area (Å²) in [5, 5.41) is 0. The average Bonchev–Trinajstić information content (AvgIpc) is 2.50. The Labute approximate surface area is 61.5 Å². The van der Waals surface area contributed by atoms with Gasteiger partial charge in [-0.3, -0.25) is 0 Å². The van der Waals surface area contributed by atoms with Crippen LogP contribution in [0.25, 0.3) is 11.2 Å². The van der Waals surface area contributed by atoms with Gasteiger partial charge in [-0.2, -0.15) is 0 Å². The monoisotopic (exact) mass is 152 g/mol. The summed E-state index contributed by atoms with van der Waals surface area (Å²) in [7, 11) is 0. The van der Waals surface area contributed by atoms with Crippen LogP contribution in [-0.4, -0.2) is 19.9 Å². The molecule has 0 atom stereocenters. The lowest BCUT2D eigenvalue weighted by molar-refractivity contribution is 0.466. The van der Waals surface area contributed by atoms with Crippen LogP contribution in [0.4, 0.5) is 4.39 Å². The van der Waals surface area contributed by atoms with Crippen molar-refractivity contribution < 1.29 is 4.39 Å². The highest BCUT2D eigenvalue weighted by atomic mass is 19.1. The largest absolute Gasteiger partial charge is 0.342 e. The lowest BCUT2D eigenvalue weighted by Gasteiger charge is -1.90. The van der Waals surface area contributed by atoms with Crippen LogP contribution in [0.15, 0.2) is 12.5 Å². The average molecular weight is 152 g/mol. The second kappa shape index (κ2) is 2.26. The van der Waals surface area contributed by atoms with Crippen molar-refractivity contribution in [3.63, 3.8) is 0 Å². The second-order valence-corrected chi connectivity index (χ2v) is 2.06. The van der Waals surface area contributed by atoms with E-state index in [9.17, 15) is 4.39 Å². The van der Waals surface area contributed by atoms with E-state index in [1.54, 1.807) is 0 Å². The third-order valence-electron chi connectivity index (χ3n) is 1.34. The number of hydrogen-bond donors (Lipinski definition) is 1. The lowest BCUT2D eigenvalue weighted by atomic mass is 10.5. The van der Waals surface area contributed by atoms with Gasteiger partial charge in [-0.25, -0.2) is 19.3 Å². The number of aromatic nitrogens is 4. The molecule has 0 aromatic carbocycles. The van der Waals surface area contributed by atoms with Crippen molar-refractivity contribution in [3.8, 4) is 0 Å². The van der Waals surface area contributed by atoms with E-state index in [0.717, 1.165) is 5.52 Å². The Bertz CT molecular complexity index is 369. The van der Waals surface area contributed by atoms with Crippen LogP contribution >= 0.6 is 0 Å². The van der Waals surface area contributed by atoms with Crippen LogP contribution in [0.3, 0.4) is 0 Å². The number of alkyl halides is 1. The molecule has 0 saturated heterocycles. The van der Waals surface area contributed by atoms with E-state index in [4.69, 9.17) is 0 Å². The van der Waals surface area contributed by atoms with Crippen molar-refractivity contribution in [1.29, 1.82) is 0 Å². The van der Waals surface area contributed by atoms with Gasteiger partial charge in [0.2, 0.25) is 0 Å². The standard InChI is InChI=1S/C6H5FN4/c7-1-5-8-2-4-6(11-5)10-3-9-4/h2-3H,1H2,(H,8,9,10,11). The zero-order valence-electron chi connectivity index (χ0n) is 5.58. The summed E-state index contributed by atoms with van der Waals surface area (Å²) >= 11 is 0. The van der Waals surface area contributed by atoms with Crippen molar-refractivity contribution >= 4 is 11.2 Å². The Morgan fingerprint density at radius 2 is 2.36 bits per heavy atom. The molecule has 11 heavy (non-hydrogen) atoms. The topological polar surface area (TPSA) is 54.5 Å². The minimum atomic E-state index is -0.650. The molecule has 0 aliphatic carbocycles. The van der Waals surface area contributed by atoms with E-state index in [2.05, 4.69) is 19.9 Å². The van der Waals surface area contributed by atoms with Gasteiger partial charge in [-0.05, 0) is 0 Å². The Hall–Kier alpha value is -1.52. The van der Waals surface area contributed by atoms with Crippen molar-refractivity contribution in [3.05, 3.63) is 18.3 Å². The summed E-state index contributed by atoms with van der Waals surface area (Å²) in [5.41, 5.74) is 1.23. The van der Waals surface area contributed by atoms with Crippen LogP contribution in [-0.2, 0) is 6.67 Å². The van der Waals surface area contributed by atoms with Crippen LogP contribution in [0.1, 0.15) is 5.82 Å². The predicted molar refractivity (Wildman–Crippen MR) is 36.5 cm³/mol. The highest BCUT2D eigenvalue weighted by Crippen LogP contribution is 2.03. The van der Waals surface area contributed by atoms with Crippen LogP contribution in [0, 0.1) is 0 Å². The number of halogens is 1. The van der Waals surface area contributed by atoms with E-state index in [1.807, 2.05) is 0 Å². The quantitative estimate of drug-likeness (QED) is 0.658. The molecule has 2 heterocycles. The third-order valence-corrected chi connectivity index (χ3v) is 1.34. The van der Waals surface area contributed by atoms with Gasteiger partial charge in [0.1, 0.15) is 12.2 Å². The summed E-state index contributed by atoms with van der Waals surface area (Å²) in [4.78, 5) is 14.2.